The van der Waals surface area contributed by atoms with E-state index in [1.54, 1.807) is 24.3 Å². The summed E-state index contributed by atoms with van der Waals surface area (Å²) in [4.78, 5) is 20.2. The Balaban J connectivity index is 1.44. The number of carbonyl (C=O) groups is 1. The molecule has 2 aliphatic heterocycles. The number of aliphatic imine (C=N–C) groups is 1. The van der Waals surface area contributed by atoms with Gasteiger partial charge in [-0.05, 0) is 48.9 Å². The molecule has 176 valence electrons. The molecule has 33 heavy (non-hydrogen) atoms. The largest absolute Gasteiger partial charge is 0.493 e. The number of carbonyl (C=O) groups excluding carboxylic acids is 1. The van der Waals surface area contributed by atoms with Gasteiger partial charge in [0.1, 0.15) is 17.6 Å². The van der Waals surface area contributed by atoms with E-state index in [-0.39, 0.29) is 22.6 Å². The molecule has 2 aromatic carbocycles. The summed E-state index contributed by atoms with van der Waals surface area (Å²) < 4.78 is 33.3. The molecule has 0 unspecified atom stereocenters. The van der Waals surface area contributed by atoms with E-state index in [1.165, 1.54) is 0 Å². The van der Waals surface area contributed by atoms with Crippen LogP contribution in [0.4, 0.5) is 0 Å². The maximum atomic E-state index is 13.5. The molecule has 0 aliphatic carbocycles. The molecule has 2 aliphatic rings. The first-order valence-corrected chi connectivity index (χ1v) is 13.0. The Kier molecular flexibility index (Phi) is 7.02. The number of nitrogens with one attached hydrogen (secondary N) is 1. The predicted octanol–water partition coefficient (Wildman–Crippen LogP) is 3.46. The number of hydrogen-bond acceptors (Lipinski definition) is 5. The van der Waals surface area contributed by atoms with Crippen LogP contribution in [0.3, 0.4) is 0 Å². The van der Waals surface area contributed by atoms with Crippen LogP contribution >= 0.6 is 0 Å². The van der Waals surface area contributed by atoms with Crippen LogP contribution in [0.25, 0.3) is 0 Å². The summed E-state index contributed by atoms with van der Waals surface area (Å²) >= 11 is 0. The van der Waals surface area contributed by atoms with E-state index >= 15 is 0 Å². The number of amides is 1. The van der Waals surface area contributed by atoms with Gasteiger partial charge in [-0.25, -0.2) is 8.42 Å². The van der Waals surface area contributed by atoms with Gasteiger partial charge in [0, 0.05) is 18.7 Å². The lowest BCUT2D eigenvalue weighted by Gasteiger charge is -2.34. The predicted molar refractivity (Wildman–Crippen MR) is 128 cm³/mol. The van der Waals surface area contributed by atoms with Gasteiger partial charge in [0.05, 0.1) is 11.5 Å². The highest BCUT2D eigenvalue weighted by molar-refractivity contribution is 7.90. The number of ether oxygens (including phenoxy) is 1. The van der Waals surface area contributed by atoms with Crippen molar-refractivity contribution in [1.82, 2.24) is 9.62 Å². The lowest BCUT2D eigenvalue weighted by molar-refractivity contribution is -0.135. The minimum Gasteiger partial charge on any atom is -0.493 e. The number of para-hydroxylation sites is 1. The Morgan fingerprint density at radius 1 is 1.12 bits per heavy atom. The number of fused-ring (bicyclic) bond motifs is 1. The number of rotatable bonds is 7. The molecule has 1 amide bonds. The third-order valence-corrected chi connectivity index (χ3v) is 7.92. The zero-order valence-electron chi connectivity index (χ0n) is 19.1. The Morgan fingerprint density at radius 2 is 1.79 bits per heavy atom. The van der Waals surface area contributed by atoms with Gasteiger partial charge in [-0.3, -0.25) is 14.5 Å². The molecule has 8 heteroatoms. The van der Waals surface area contributed by atoms with Gasteiger partial charge in [0.25, 0.3) is 10.0 Å². The highest BCUT2D eigenvalue weighted by atomic mass is 32.2. The normalized spacial score (nSPS) is 20.7. The van der Waals surface area contributed by atoms with Crippen LogP contribution in [0, 0.1) is 11.8 Å². The molecular weight excluding hydrogens is 438 g/mol. The summed E-state index contributed by atoms with van der Waals surface area (Å²) in [5.74, 6) is 1.47. The molecule has 1 saturated heterocycles. The second kappa shape index (κ2) is 9.95. The van der Waals surface area contributed by atoms with E-state index in [1.807, 2.05) is 49.1 Å². The summed E-state index contributed by atoms with van der Waals surface area (Å²) in [6.45, 7) is 5.96. The SMILES string of the molecule is CC[C@H](C)[C@H](N=C1NS(=O)(=O)c2ccccc21)C(=O)N1CCC(COc2ccccc2)CC1. The van der Waals surface area contributed by atoms with Crippen molar-refractivity contribution in [1.29, 1.82) is 0 Å². The van der Waals surface area contributed by atoms with Gasteiger partial charge < -0.3 is 9.64 Å². The summed E-state index contributed by atoms with van der Waals surface area (Å²) in [6, 6.07) is 15.9. The molecule has 4 rings (SSSR count). The van der Waals surface area contributed by atoms with Gasteiger partial charge >= 0.3 is 0 Å². The fourth-order valence-corrected chi connectivity index (χ4v) is 5.49. The topological polar surface area (TPSA) is 88.1 Å². The Hall–Kier alpha value is -2.87. The molecule has 1 N–H and O–H groups in total. The van der Waals surface area contributed by atoms with Crippen molar-refractivity contribution in [2.24, 2.45) is 16.8 Å². The first kappa shape index (κ1) is 23.3. The van der Waals surface area contributed by atoms with Crippen LogP contribution in [-0.4, -0.2) is 50.8 Å². The minimum absolute atomic E-state index is 0.0126. The highest BCUT2D eigenvalue weighted by Gasteiger charge is 2.35. The van der Waals surface area contributed by atoms with Crippen LogP contribution < -0.4 is 9.46 Å². The van der Waals surface area contributed by atoms with Gasteiger partial charge in [-0.2, -0.15) is 0 Å². The van der Waals surface area contributed by atoms with Crippen LogP contribution in [0.5, 0.6) is 5.75 Å². The summed E-state index contributed by atoms with van der Waals surface area (Å²) in [6.07, 6.45) is 2.51. The van der Waals surface area contributed by atoms with Crippen molar-refractivity contribution in [3.63, 3.8) is 0 Å². The van der Waals surface area contributed by atoms with Gasteiger partial charge in [0.2, 0.25) is 5.91 Å². The quantitative estimate of drug-likeness (QED) is 0.673. The maximum Gasteiger partial charge on any atom is 0.263 e. The molecule has 0 saturated carbocycles. The van der Waals surface area contributed by atoms with Crippen LogP contribution in [0.2, 0.25) is 0 Å². The van der Waals surface area contributed by atoms with E-state index in [9.17, 15) is 13.2 Å². The first-order valence-electron chi connectivity index (χ1n) is 11.6. The molecule has 0 bridgehead atoms. The van der Waals surface area contributed by atoms with Gasteiger partial charge in [-0.15, -0.1) is 0 Å². The molecule has 1 fully saturated rings. The molecule has 2 heterocycles. The zero-order chi connectivity index (χ0) is 23.4. The van der Waals surface area contributed by atoms with Crippen molar-refractivity contribution in [2.75, 3.05) is 19.7 Å². The van der Waals surface area contributed by atoms with Gasteiger partial charge in [0.15, 0.2) is 0 Å². The molecule has 0 radical (unpaired) electrons. The fourth-order valence-electron chi connectivity index (χ4n) is 4.26. The summed E-state index contributed by atoms with van der Waals surface area (Å²) in [7, 11) is -3.64. The molecular formula is C25H31N3O4S. The molecule has 0 aromatic heterocycles. The fraction of sp³-hybridized carbons (Fsp3) is 0.440. The van der Waals surface area contributed by atoms with E-state index < -0.39 is 16.1 Å². The Morgan fingerprint density at radius 3 is 2.48 bits per heavy atom. The number of benzene rings is 2. The second-order valence-corrected chi connectivity index (χ2v) is 10.5. The summed E-state index contributed by atoms with van der Waals surface area (Å²) in [5.41, 5.74) is 0.523. The third kappa shape index (κ3) is 5.21. The number of piperidine rings is 1. The van der Waals surface area contributed by atoms with E-state index in [2.05, 4.69) is 9.71 Å². The first-order chi connectivity index (χ1) is 15.9. The van der Waals surface area contributed by atoms with Gasteiger partial charge in [-0.1, -0.05) is 50.6 Å². The van der Waals surface area contributed by atoms with E-state index in [0.717, 1.165) is 25.0 Å². The van der Waals surface area contributed by atoms with Crippen LogP contribution in [0.1, 0.15) is 38.7 Å². The molecule has 7 nitrogen and oxygen atoms in total. The monoisotopic (exact) mass is 469 g/mol. The molecule has 2 aromatic rings. The van der Waals surface area contributed by atoms with Crippen LogP contribution in [-0.2, 0) is 14.8 Å². The van der Waals surface area contributed by atoms with E-state index in [0.29, 0.717) is 31.2 Å². The second-order valence-electron chi connectivity index (χ2n) is 8.80. The number of hydrogen-bond donors (Lipinski definition) is 1. The number of amidine groups is 1. The average Bonchev–Trinajstić information content (AvgIpc) is 3.11. The number of nitrogens with zero attached hydrogens (tertiary/aromatic N) is 2. The zero-order valence-corrected chi connectivity index (χ0v) is 19.9. The van der Waals surface area contributed by atoms with Crippen LogP contribution in [0.15, 0.2) is 64.5 Å². The lowest BCUT2D eigenvalue weighted by Crippen LogP contribution is -2.46. The molecule has 2 atom stereocenters. The number of likely N-dealkylation sites (tertiary alicyclic amines) is 1. The third-order valence-electron chi connectivity index (χ3n) is 6.52. The molecule has 0 spiro atoms. The maximum absolute atomic E-state index is 13.5. The minimum atomic E-state index is -3.64. The Bertz CT molecular complexity index is 1110. The van der Waals surface area contributed by atoms with Crippen molar-refractivity contribution in [3.05, 3.63) is 60.2 Å². The van der Waals surface area contributed by atoms with E-state index in [4.69, 9.17) is 4.74 Å². The van der Waals surface area contributed by atoms with Crippen molar-refractivity contribution in [2.45, 2.75) is 44.0 Å². The van der Waals surface area contributed by atoms with Crippen molar-refractivity contribution < 1.29 is 17.9 Å². The standard InChI is InChI=1S/C25H31N3O4S/c1-3-18(2)23(26-24-21-11-7-8-12-22(21)33(30,31)27-24)25(29)28-15-13-19(14-16-28)17-32-20-9-5-4-6-10-20/h4-12,18-19,23H,3,13-17H2,1-2H3,(H,26,27)/t18-,23-/m0/s1. The smallest absolute Gasteiger partial charge is 0.263 e. The highest BCUT2D eigenvalue weighted by Crippen LogP contribution is 2.26. The van der Waals surface area contributed by atoms with Crippen molar-refractivity contribution >= 4 is 21.8 Å². The summed E-state index contributed by atoms with van der Waals surface area (Å²) in [5, 5.41) is 0. The number of sulfonamides is 1. The average molecular weight is 470 g/mol. The lowest BCUT2D eigenvalue weighted by atomic mass is 9.94. The Labute approximate surface area is 195 Å². The van der Waals surface area contributed by atoms with Crippen molar-refractivity contribution in [3.8, 4) is 5.75 Å².